The van der Waals surface area contributed by atoms with Gasteiger partial charge in [-0.25, -0.2) is 0 Å². The van der Waals surface area contributed by atoms with Crippen LogP contribution >= 0.6 is 0 Å². The molecule has 1 aromatic carbocycles. The monoisotopic (exact) mass is 418 g/mol. The first-order chi connectivity index (χ1) is 14.3. The summed E-state index contributed by atoms with van der Waals surface area (Å²) in [5.41, 5.74) is -0.0464. The van der Waals surface area contributed by atoms with E-state index in [1.54, 1.807) is 0 Å². The van der Waals surface area contributed by atoms with Crippen molar-refractivity contribution in [2.75, 3.05) is 31.6 Å². The normalized spacial score (nSPS) is 19.5. The van der Waals surface area contributed by atoms with Gasteiger partial charge in [0.05, 0.1) is 6.61 Å². The summed E-state index contributed by atoms with van der Waals surface area (Å²) >= 11 is 0. The average molecular weight is 419 g/mol. The Balaban J connectivity index is 1.80. The maximum Gasteiger partial charge on any atom is 0.256 e. The summed E-state index contributed by atoms with van der Waals surface area (Å²) in [7, 11) is 0. The average Bonchev–Trinajstić information content (AvgIpc) is 2.71. The lowest BCUT2D eigenvalue weighted by Gasteiger charge is -2.33. The number of anilines is 1. The van der Waals surface area contributed by atoms with Crippen molar-refractivity contribution in [1.29, 1.82) is 0 Å². The van der Waals surface area contributed by atoms with E-state index in [9.17, 15) is 4.79 Å². The molecule has 1 heterocycles. The van der Waals surface area contributed by atoms with E-state index < -0.39 is 5.60 Å². The van der Waals surface area contributed by atoms with E-state index in [1.165, 1.54) is 25.8 Å². The van der Waals surface area contributed by atoms with Gasteiger partial charge in [0.1, 0.15) is 11.4 Å². The van der Waals surface area contributed by atoms with E-state index in [0.717, 1.165) is 30.8 Å². The van der Waals surface area contributed by atoms with Crippen molar-refractivity contribution >= 4 is 11.6 Å². The fourth-order valence-corrected chi connectivity index (χ4v) is 4.17. The van der Waals surface area contributed by atoms with Crippen molar-refractivity contribution in [1.82, 2.24) is 4.90 Å². The summed E-state index contributed by atoms with van der Waals surface area (Å²) in [5, 5.41) is 3.01. The quantitative estimate of drug-likeness (QED) is 0.455. The van der Waals surface area contributed by atoms with Gasteiger partial charge in [-0.15, -0.1) is 0 Å². The molecule has 0 aliphatic carbocycles. The number of piperidine rings is 1. The molecule has 1 amide bonds. The van der Waals surface area contributed by atoms with Gasteiger partial charge in [0.25, 0.3) is 5.91 Å². The zero-order valence-electron chi connectivity index (χ0n) is 19.7. The lowest BCUT2D eigenvalue weighted by Crippen LogP contribution is -2.44. The first-order valence-electron chi connectivity index (χ1n) is 11.8. The van der Waals surface area contributed by atoms with Gasteiger partial charge in [-0.3, -0.25) is 4.79 Å². The van der Waals surface area contributed by atoms with Crippen LogP contribution in [0.25, 0.3) is 0 Å². The molecule has 0 radical (unpaired) electrons. The molecule has 170 valence electrons. The van der Waals surface area contributed by atoms with Crippen molar-refractivity contribution in [3.8, 4) is 5.75 Å². The molecule has 30 heavy (non-hydrogen) atoms. The zero-order chi connectivity index (χ0) is 22.0. The number of hydrogen-bond acceptors (Lipinski definition) is 4. The minimum atomic E-state index is -0.815. The van der Waals surface area contributed by atoms with Gasteiger partial charge in [-0.2, -0.15) is 0 Å². The molecule has 1 aliphatic heterocycles. The predicted molar refractivity (Wildman–Crippen MR) is 124 cm³/mol. The molecule has 0 bridgehead atoms. The number of ether oxygens (including phenoxy) is 2. The van der Waals surface area contributed by atoms with Gasteiger partial charge in [-0.1, -0.05) is 27.2 Å². The molecule has 5 nitrogen and oxygen atoms in total. The molecule has 1 N–H and O–H groups in total. The summed E-state index contributed by atoms with van der Waals surface area (Å²) in [4.78, 5) is 15.4. The number of rotatable bonds is 12. The van der Waals surface area contributed by atoms with Crippen LogP contribution in [0.3, 0.4) is 0 Å². The molecule has 2 rings (SSSR count). The number of carbonyl (C=O) groups is 1. The molecule has 1 aliphatic rings. The Labute approximate surface area is 183 Å². The number of amides is 1. The van der Waals surface area contributed by atoms with Crippen LogP contribution in [0.2, 0.25) is 0 Å². The van der Waals surface area contributed by atoms with Crippen LogP contribution in [-0.2, 0) is 9.53 Å². The third-order valence-electron chi connectivity index (χ3n) is 5.81. The summed E-state index contributed by atoms with van der Waals surface area (Å²) < 4.78 is 11.8. The van der Waals surface area contributed by atoms with Gasteiger partial charge in [0.15, 0.2) is 0 Å². The highest BCUT2D eigenvalue weighted by Gasteiger charge is 2.34. The van der Waals surface area contributed by atoms with Gasteiger partial charge in [-0.05, 0) is 82.7 Å². The number of benzene rings is 1. The van der Waals surface area contributed by atoms with Crippen LogP contribution in [0, 0.1) is 5.92 Å². The van der Waals surface area contributed by atoms with Gasteiger partial charge in [0.2, 0.25) is 0 Å². The minimum Gasteiger partial charge on any atom is -0.494 e. The molecule has 0 aromatic heterocycles. The van der Waals surface area contributed by atoms with E-state index >= 15 is 0 Å². The fourth-order valence-electron chi connectivity index (χ4n) is 4.17. The van der Waals surface area contributed by atoms with Gasteiger partial charge >= 0.3 is 0 Å². The number of carbonyl (C=O) groups excluding carboxylic acids is 1. The van der Waals surface area contributed by atoms with Crippen LogP contribution < -0.4 is 10.1 Å². The number of nitrogens with one attached hydrogen (secondary N) is 1. The Kier molecular flexibility index (Phi) is 10.1. The lowest BCUT2D eigenvalue weighted by atomic mass is 9.93. The van der Waals surface area contributed by atoms with E-state index in [1.807, 2.05) is 31.2 Å². The second kappa shape index (κ2) is 12.3. The van der Waals surface area contributed by atoms with Crippen molar-refractivity contribution in [2.45, 2.75) is 84.8 Å². The van der Waals surface area contributed by atoms with E-state index in [4.69, 9.17) is 9.47 Å². The van der Waals surface area contributed by atoms with Crippen LogP contribution in [0.5, 0.6) is 5.75 Å². The minimum absolute atomic E-state index is 0.0889. The second-order valence-corrected chi connectivity index (χ2v) is 9.24. The molecular weight excluding hydrogens is 376 g/mol. The molecule has 1 aromatic rings. The molecule has 1 fully saturated rings. The van der Waals surface area contributed by atoms with Gasteiger partial charge in [0, 0.05) is 24.9 Å². The SMILES string of the molecule is CCCO[C@@](C)(CC(C)C)C(=O)Nc1ccc(OCCCN2CCCC[C@@H]2C)cc1. The van der Waals surface area contributed by atoms with Gasteiger partial charge < -0.3 is 19.7 Å². The van der Waals surface area contributed by atoms with Crippen LogP contribution in [0.1, 0.15) is 73.1 Å². The highest BCUT2D eigenvalue weighted by Crippen LogP contribution is 2.25. The topological polar surface area (TPSA) is 50.8 Å². The third kappa shape index (κ3) is 7.92. The Morgan fingerprint density at radius 1 is 1.23 bits per heavy atom. The summed E-state index contributed by atoms with van der Waals surface area (Å²) in [6, 6.07) is 8.34. The Morgan fingerprint density at radius 3 is 2.60 bits per heavy atom. The van der Waals surface area contributed by atoms with Crippen LogP contribution in [-0.4, -0.2) is 48.8 Å². The second-order valence-electron chi connectivity index (χ2n) is 9.24. The van der Waals surface area contributed by atoms with Crippen molar-refractivity contribution in [3.63, 3.8) is 0 Å². The zero-order valence-corrected chi connectivity index (χ0v) is 19.7. The summed E-state index contributed by atoms with van der Waals surface area (Å²) in [6.07, 6.45) is 6.61. The fraction of sp³-hybridized carbons (Fsp3) is 0.720. The highest BCUT2D eigenvalue weighted by molar-refractivity contribution is 5.97. The number of hydrogen-bond donors (Lipinski definition) is 1. The van der Waals surface area contributed by atoms with Crippen molar-refractivity contribution in [3.05, 3.63) is 24.3 Å². The first kappa shape index (κ1) is 24.7. The maximum atomic E-state index is 12.9. The summed E-state index contributed by atoms with van der Waals surface area (Å²) in [5.74, 6) is 1.13. The van der Waals surface area contributed by atoms with Crippen LogP contribution in [0.15, 0.2) is 24.3 Å². The van der Waals surface area contributed by atoms with Crippen LogP contribution in [0.4, 0.5) is 5.69 Å². The van der Waals surface area contributed by atoms with Crippen molar-refractivity contribution < 1.29 is 14.3 Å². The third-order valence-corrected chi connectivity index (χ3v) is 5.81. The predicted octanol–water partition coefficient (Wildman–Crippen LogP) is 5.50. The molecule has 0 spiro atoms. The Bertz CT molecular complexity index is 632. The van der Waals surface area contributed by atoms with E-state index in [-0.39, 0.29) is 5.91 Å². The molecular formula is C25H42N2O3. The molecule has 1 saturated heterocycles. The Hall–Kier alpha value is -1.59. The maximum absolute atomic E-state index is 12.9. The first-order valence-corrected chi connectivity index (χ1v) is 11.8. The lowest BCUT2D eigenvalue weighted by molar-refractivity contribution is -0.141. The number of nitrogens with zero attached hydrogens (tertiary/aromatic N) is 1. The summed E-state index contributed by atoms with van der Waals surface area (Å²) in [6.45, 7) is 14.1. The highest BCUT2D eigenvalue weighted by atomic mass is 16.5. The molecule has 2 atom stereocenters. The Morgan fingerprint density at radius 2 is 1.97 bits per heavy atom. The molecule has 0 unspecified atom stereocenters. The smallest absolute Gasteiger partial charge is 0.256 e. The van der Waals surface area contributed by atoms with E-state index in [0.29, 0.717) is 31.6 Å². The largest absolute Gasteiger partial charge is 0.494 e. The van der Waals surface area contributed by atoms with E-state index in [2.05, 4.69) is 37.9 Å². The standard InChI is InChI=1S/C25H42N2O3/c1-6-17-30-25(5,19-20(2)3)24(28)26-22-11-13-23(14-12-22)29-18-9-16-27-15-8-7-10-21(27)4/h11-14,20-21H,6-10,15-19H2,1-5H3,(H,26,28)/t21-,25-/m0/s1. The molecule has 0 saturated carbocycles. The van der Waals surface area contributed by atoms with Crippen molar-refractivity contribution in [2.24, 2.45) is 5.92 Å². The number of likely N-dealkylation sites (tertiary alicyclic amines) is 1. The molecule has 5 heteroatoms.